The highest BCUT2D eigenvalue weighted by Gasteiger charge is 2.31. The molecule has 0 atom stereocenters. The van der Waals surface area contributed by atoms with Gasteiger partial charge in [0.2, 0.25) is 5.91 Å². The molecular weight excluding hydrogens is 348 g/mol. The van der Waals surface area contributed by atoms with Crippen LogP contribution in [0.5, 0.6) is 0 Å². The van der Waals surface area contributed by atoms with E-state index in [-0.39, 0.29) is 11.8 Å². The number of hydrogen-bond acceptors (Lipinski definition) is 5. The average Bonchev–Trinajstić information content (AvgIpc) is 3.34. The van der Waals surface area contributed by atoms with Crippen molar-refractivity contribution < 1.29 is 18.4 Å². The van der Waals surface area contributed by atoms with Crippen LogP contribution in [0.2, 0.25) is 0 Å². The Balaban J connectivity index is 1.67. The Kier molecular flexibility index (Phi) is 4.89. The van der Waals surface area contributed by atoms with Crippen molar-refractivity contribution in [1.82, 2.24) is 15.1 Å². The van der Waals surface area contributed by atoms with Crippen molar-refractivity contribution in [1.29, 1.82) is 0 Å². The van der Waals surface area contributed by atoms with Crippen molar-refractivity contribution in [3.63, 3.8) is 0 Å². The third kappa shape index (κ3) is 3.94. The lowest BCUT2D eigenvalue weighted by Crippen LogP contribution is -2.44. The molecule has 8 heteroatoms. The molecule has 142 valence electrons. The lowest BCUT2D eigenvalue weighted by atomic mass is 10.1. The molecule has 8 nitrogen and oxygen atoms in total. The van der Waals surface area contributed by atoms with Crippen molar-refractivity contribution in [3.05, 3.63) is 59.7 Å². The SMILES string of the molecule is Cc1cc(C(=O)Nc2cnn(C(C)(C)C(=O)NCc3ccco3)c2)c(C)o1. The molecule has 2 amide bonds. The second-order valence-corrected chi connectivity index (χ2v) is 6.78. The van der Waals surface area contributed by atoms with Crippen LogP contribution in [-0.4, -0.2) is 21.6 Å². The Morgan fingerprint density at radius 1 is 1.30 bits per heavy atom. The number of anilines is 1. The molecule has 0 saturated carbocycles. The smallest absolute Gasteiger partial charge is 0.259 e. The van der Waals surface area contributed by atoms with Crippen LogP contribution in [0.15, 0.2) is 45.7 Å². The van der Waals surface area contributed by atoms with Crippen LogP contribution < -0.4 is 10.6 Å². The summed E-state index contributed by atoms with van der Waals surface area (Å²) in [6, 6.07) is 5.23. The highest BCUT2D eigenvalue weighted by atomic mass is 16.3. The Labute approximate surface area is 156 Å². The van der Waals surface area contributed by atoms with Gasteiger partial charge in [0.15, 0.2) is 0 Å². The van der Waals surface area contributed by atoms with Gasteiger partial charge in [0.1, 0.15) is 22.8 Å². The molecule has 0 aliphatic rings. The Morgan fingerprint density at radius 2 is 2.07 bits per heavy atom. The molecule has 3 aromatic heterocycles. The summed E-state index contributed by atoms with van der Waals surface area (Å²) in [6.07, 6.45) is 4.67. The summed E-state index contributed by atoms with van der Waals surface area (Å²) < 4.78 is 12.1. The number of nitrogens with one attached hydrogen (secondary N) is 2. The van der Waals surface area contributed by atoms with Crippen LogP contribution in [0.1, 0.15) is 41.5 Å². The summed E-state index contributed by atoms with van der Waals surface area (Å²) in [4.78, 5) is 24.9. The summed E-state index contributed by atoms with van der Waals surface area (Å²) in [5.74, 6) is 1.38. The fourth-order valence-corrected chi connectivity index (χ4v) is 2.65. The minimum absolute atomic E-state index is 0.221. The Bertz CT molecular complexity index is 950. The first-order valence-corrected chi connectivity index (χ1v) is 8.51. The largest absolute Gasteiger partial charge is 0.467 e. The average molecular weight is 370 g/mol. The monoisotopic (exact) mass is 370 g/mol. The molecule has 0 bridgehead atoms. The predicted octanol–water partition coefficient (Wildman–Crippen LogP) is 2.99. The zero-order chi connectivity index (χ0) is 19.6. The van der Waals surface area contributed by atoms with Crippen molar-refractivity contribution in [2.75, 3.05) is 5.32 Å². The van der Waals surface area contributed by atoms with E-state index in [2.05, 4.69) is 15.7 Å². The number of carbonyl (C=O) groups excluding carboxylic acids is 2. The standard InChI is InChI=1S/C19H22N4O4/c1-12-8-16(13(2)27-12)17(24)22-14-9-21-23(11-14)19(3,4)18(25)20-10-15-6-5-7-26-15/h5-9,11H,10H2,1-4H3,(H,20,25)(H,22,24). The number of furan rings is 2. The van der Waals surface area contributed by atoms with Gasteiger partial charge in [-0.3, -0.25) is 14.3 Å². The van der Waals surface area contributed by atoms with E-state index in [4.69, 9.17) is 8.83 Å². The van der Waals surface area contributed by atoms with Gasteiger partial charge in [-0.05, 0) is 45.9 Å². The van der Waals surface area contributed by atoms with Crippen LogP contribution in [0.4, 0.5) is 5.69 Å². The third-order valence-electron chi connectivity index (χ3n) is 4.26. The third-order valence-corrected chi connectivity index (χ3v) is 4.26. The highest BCUT2D eigenvalue weighted by molar-refractivity contribution is 6.04. The molecule has 3 aromatic rings. The van der Waals surface area contributed by atoms with E-state index in [0.717, 1.165) is 0 Å². The molecule has 27 heavy (non-hydrogen) atoms. The highest BCUT2D eigenvalue weighted by Crippen LogP contribution is 2.20. The first kappa shape index (κ1) is 18.5. The predicted molar refractivity (Wildman–Crippen MR) is 98.2 cm³/mol. The second-order valence-electron chi connectivity index (χ2n) is 6.78. The summed E-state index contributed by atoms with van der Waals surface area (Å²) in [5, 5.41) is 9.81. The molecular formula is C19H22N4O4. The number of rotatable bonds is 6. The van der Waals surface area contributed by atoms with Gasteiger partial charge >= 0.3 is 0 Å². The van der Waals surface area contributed by atoms with E-state index in [1.807, 2.05) is 0 Å². The van der Waals surface area contributed by atoms with Gasteiger partial charge in [-0.2, -0.15) is 5.10 Å². The van der Waals surface area contributed by atoms with Crippen molar-refractivity contribution in [3.8, 4) is 0 Å². The fourth-order valence-electron chi connectivity index (χ4n) is 2.65. The zero-order valence-corrected chi connectivity index (χ0v) is 15.7. The van der Waals surface area contributed by atoms with E-state index in [1.54, 1.807) is 58.4 Å². The molecule has 0 fully saturated rings. The van der Waals surface area contributed by atoms with Crippen LogP contribution in [0.3, 0.4) is 0 Å². The Hall–Kier alpha value is -3.29. The summed E-state index contributed by atoms with van der Waals surface area (Å²) in [6.45, 7) is 7.29. The maximum atomic E-state index is 12.5. The Morgan fingerprint density at radius 3 is 2.70 bits per heavy atom. The molecule has 0 aliphatic carbocycles. The molecule has 0 radical (unpaired) electrons. The number of aromatic nitrogens is 2. The normalized spacial score (nSPS) is 11.4. The van der Waals surface area contributed by atoms with Crippen molar-refractivity contribution in [2.24, 2.45) is 0 Å². The second kappa shape index (κ2) is 7.14. The van der Waals surface area contributed by atoms with E-state index in [9.17, 15) is 9.59 Å². The van der Waals surface area contributed by atoms with Gasteiger partial charge in [-0.25, -0.2) is 0 Å². The first-order chi connectivity index (χ1) is 12.8. The van der Waals surface area contributed by atoms with Gasteiger partial charge in [0, 0.05) is 6.20 Å². The number of carbonyl (C=O) groups is 2. The van der Waals surface area contributed by atoms with E-state index < -0.39 is 5.54 Å². The van der Waals surface area contributed by atoms with Gasteiger partial charge in [0.05, 0.1) is 30.3 Å². The van der Waals surface area contributed by atoms with Gasteiger partial charge in [0.25, 0.3) is 5.91 Å². The summed E-state index contributed by atoms with van der Waals surface area (Å²) in [7, 11) is 0. The first-order valence-electron chi connectivity index (χ1n) is 8.51. The van der Waals surface area contributed by atoms with E-state index >= 15 is 0 Å². The van der Waals surface area contributed by atoms with Crippen molar-refractivity contribution in [2.45, 2.75) is 39.8 Å². The maximum Gasteiger partial charge on any atom is 0.259 e. The summed E-state index contributed by atoms with van der Waals surface area (Å²) in [5.41, 5.74) is 0.0124. The number of aryl methyl sites for hydroxylation is 2. The number of hydrogen-bond donors (Lipinski definition) is 2. The fraction of sp³-hybridized carbons (Fsp3) is 0.316. The molecule has 2 N–H and O–H groups in total. The van der Waals surface area contributed by atoms with Crippen LogP contribution in [0.25, 0.3) is 0 Å². The topological polar surface area (TPSA) is 102 Å². The minimum atomic E-state index is -0.947. The lowest BCUT2D eigenvalue weighted by Gasteiger charge is -2.23. The molecule has 0 spiro atoms. The molecule has 3 rings (SSSR count). The van der Waals surface area contributed by atoms with Crippen LogP contribution >= 0.6 is 0 Å². The minimum Gasteiger partial charge on any atom is -0.467 e. The lowest BCUT2D eigenvalue weighted by molar-refractivity contribution is -0.129. The van der Waals surface area contributed by atoms with Crippen LogP contribution in [-0.2, 0) is 16.9 Å². The molecule has 0 aliphatic heterocycles. The molecule has 0 saturated heterocycles. The van der Waals surface area contributed by atoms with Gasteiger partial charge < -0.3 is 19.5 Å². The van der Waals surface area contributed by atoms with Gasteiger partial charge in [-0.1, -0.05) is 0 Å². The van der Waals surface area contributed by atoms with Gasteiger partial charge in [-0.15, -0.1) is 0 Å². The quantitative estimate of drug-likeness (QED) is 0.694. The number of nitrogens with zero attached hydrogens (tertiary/aromatic N) is 2. The molecule has 0 unspecified atom stereocenters. The van der Waals surface area contributed by atoms with E-state index in [1.165, 1.54) is 10.9 Å². The summed E-state index contributed by atoms with van der Waals surface area (Å²) >= 11 is 0. The van der Waals surface area contributed by atoms with Crippen LogP contribution in [0, 0.1) is 13.8 Å². The van der Waals surface area contributed by atoms with Crippen molar-refractivity contribution >= 4 is 17.5 Å². The number of amides is 2. The molecule has 3 heterocycles. The van der Waals surface area contributed by atoms with E-state index in [0.29, 0.717) is 35.1 Å². The maximum absolute atomic E-state index is 12.5. The zero-order valence-electron chi connectivity index (χ0n) is 15.7. The molecule has 0 aromatic carbocycles.